The number of aromatic nitrogens is 1. The summed E-state index contributed by atoms with van der Waals surface area (Å²) in [6, 6.07) is 8.57. The maximum absolute atomic E-state index is 5.31. The summed E-state index contributed by atoms with van der Waals surface area (Å²) >= 11 is 3.50. The molecule has 0 atom stereocenters. The first-order chi connectivity index (χ1) is 9.31. The lowest BCUT2D eigenvalue weighted by molar-refractivity contribution is 0.145. The summed E-state index contributed by atoms with van der Waals surface area (Å²) in [5.41, 5.74) is 1.29. The molecule has 4 heteroatoms. The fourth-order valence-electron chi connectivity index (χ4n) is 2.13. The van der Waals surface area contributed by atoms with Gasteiger partial charge in [0.1, 0.15) is 0 Å². The van der Waals surface area contributed by atoms with E-state index in [4.69, 9.17) is 4.74 Å². The highest BCUT2D eigenvalue weighted by molar-refractivity contribution is 9.10. The lowest BCUT2D eigenvalue weighted by Gasteiger charge is -2.07. The van der Waals surface area contributed by atoms with Crippen molar-refractivity contribution in [3.63, 3.8) is 0 Å². The molecule has 1 N–H and O–H groups in total. The Morgan fingerprint density at radius 2 is 2.16 bits per heavy atom. The third kappa shape index (κ3) is 4.34. The molecule has 0 amide bonds. The topological polar surface area (TPSA) is 26.2 Å². The van der Waals surface area contributed by atoms with Crippen LogP contribution in [0.15, 0.2) is 34.9 Å². The van der Waals surface area contributed by atoms with Crippen LogP contribution in [0.4, 0.5) is 0 Å². The summed E-state index contributed by atoms with van der Waals surface area (Å²) in [7, 11) is 0. The molecule has 19 heavy (non-hydrogen) atoms. The maximum atomic E-state index is 5.31. The van der Waals surface area contributed by atoms with E-state index in [0.717, 1.165) is 43.7 Å². The number of benzene rings is 1. The van der Waals surface area contributed by atoms with E-state index >= 15 is 0 Å². The van der Waals surface area contributed by atoms with Gasteiger partial charge in [-0.1, -0.05) is 15.9 Å². The zero-order valence-corrected chi connectivity index (χ0v) is 12.9. The van der Waals surface area contributed by atoms with Gasteiger partial charge in [-0.05, 0) is 44.2 Å². The van der Waals surface area contributed by atoms with Crippen molar-refractivity contribution < 1.29 is 4.74 Å². The van der Waals surface area contributed by atoms with Crippen molar-refractivity contribution >= 4 is 26.8 Å². The molecule has 1 aromatic heterocycles. The van der Waals surface area contributed by atoms with E-state index in [-0.39, 0.29) is 0 Å². The average molecular weight is 325 g/mol. The van der Waals surface area contributed by atoms with E-state index in [1.54, 1.807) is 0 Å². The highest BCUT2D eigenvalue weighted by Crippen LogP contribution is 2.20. The van der Waals surface area contributed by atoms with Crippen LogP contribution in [0.3, 0.4) is 0 Å². The van der Waals surface area contributed by atoms with Gasteiger partial charge in [0.05, 0.1) is 0 Å². The highest BCUT2D eigenvalue weighted by atomic mass is 79.9. The van der Waals surface area contributed by atoms with Crippen LogP contribution < -0.4 is 5.32 Å². The van der Waals surface area contributed by atoms with E-state index in [0.29, 0.717) is 0 Å². The molecule has 2 aromatic rings. The quantitative estimate of drug-likeness (QED) is 0.753. The third-order valence-corrected chi connectivity index (χ3v) is 3.60. The van der Waals surface area contributed by atoms with E-state index in [2.05, 4.69) is 56.3 Å². The van der Waals surface area contributed by atoms with Gasteiger partial charge in [0.15, 0.2) is 0 Å². The SMILES string of the molecule is CCOCCCNCCn1ccc2cc(Br)ccc21. The first-order valence-corrected chi connectivity index (χ1v) is 7.63. The molecule has 3 nitrogen and oxygen atoms in total. The minimum absolute atomic E-state index is 0.810. The van der Waals surface area contributed by atoms with Crippen molar-refractivity contribution in [1.82, 2.24) is 9.88 Å². The average Bonchev–Trinajstić information content (AvgIpc) is 2.80. The van der Waals surface area contributed by atoms with Gasteiger partial charge in [-0.3, -0.25) is 0 Å². The van der Waals surface area contributed by atoms with Crippen LogP contribution in [-0.4, -0.2) is 30.9 Å². The van der Waals surface area contributed by atoms with Gasteiger partial charge >= 0.3 is 0 Å². The second-order valence-electron chi connectivity index (χ2n) is 4.51. The van der Waals surface area contributed by atoms with Gasteiger partial charge in [-0.2, -0.15) is 0 Å². The summed E-state index contributed by atoms with van der Waals surface area (Å²) < 4.78 is 8.73. The van der Waals surface area contributed by atoms with E-state index in [1.807, 2.05) is 6.92 Å². The second kappa shape index (κ2) is 7.68. The van der Waals surface area contributed by atoms with Crippen molar-refractivity contribution in [1.29, 1.82) is 0 Å². The Morgan fingerprint density at radius 3 is 3.00 bits per heavy atom. The Bertz CT molecular complexity index is 510. The smallest absolute Gasteiger partial charge is 0.0481 e. The summed E-state index contributed by atoms with van der Waals surface area (Å²) in [4.78, 5) is 0. The fourth-order valence-corrected chi connectivity index (χ4v) is 2.51. The molecule has 2 rings (SSSR count). The molecule has 1 aromatic carbocycles. The predicted octanol–water partition coefficient (Wildman–Crippen LogP) is 3.42. The van der Waals surface area contributed by atoms with E-state index in [1.165, 1.54) is 10.9 Å². The fraction of sp³-hybridized carbons (Fsp3) is 0.467. The number of nitrogens with one attached hydrogen (secondary N) is 1. The number of halogens is 1. The van der Waals surface area contributed by atoms with Crippen LogP contribution in [0.5, 0.6) is 0 Å². The molecule has 0 spiro atoms. The van der Waals surface area contributed by atoms with E-state index < -0.39 is 0 Å². The summed E-state index contributed by atoms with van der Waals surface area (Å²) in [5.74, 6) is 0. The molecule has 0 unspecified atom stereocenters. The number of hydrogen-bond acceptors (Lipinski definition) is 2. The molecular formula is C15H21BrN2O. The molecule has 0 aliphatic rings. The molecule has 0 saturated heterocycles. The van der Waals surface area contributed by atoms with Gasteiger partial charge in [-0.25, -0.2) is 0 Å². The Kier molecular flexibility index (Phi) is 5.89. The molecule has 0 bridgehead atoms. The molecular weight excluding hydrogens is 304 g/mol. The number of nitrogens with zero attached hydrogens (tertiary/aromatic N) is 1. The molecule has 0 fully saturated rings. The number of rotatable bonds is 8. The number of ether oxygens (including phenoxy) is 1. The van der Waals surface area contributed by atoms with E-state index in [9.17, 15) is 0 Å². The first-order valence-electron chi connectivity index (χ1n) is 6.84. The van der Waals surface area contributed by atoms with Gasteiger partial charge in [0, 0.05) is 47.9 Å². The zero-order valence-electron chi connectivity index (χ0n) is 11.4. The van der Waals surface area contributed by atoms with Gasteiger partial charge in [0.2, 0.25) is 0 Å². The Hall–Kier alpha value is -0.840. The second-order valence-corrected chi connectivity index (χ2v) is 5.43. The lowest BCUT2D eigenvalue weighted by atomic mass is 10.2. The standard InChI is InChI=1S/C15H21BrN2O/c1-2-19-11-3-7-17-8-10-18-9-6-13-12-14(16)4-5-15(13)18/h4-6,9,12,17H,2-3,7-8,10-11H2,1H3. The monoisotopic (exact) mass is 324 g/mol. The van der Waals surface area contributed by atoms with Gasteiger partial charge < -0.3 is 14.6 Å². The van der Waals surface area contributed by atoms with Crippen molar-refractivity contribution in [3.05, 3.63) is 34.9 Å². The molecule has 0 radical (unpaired) electrons. The van der Waals surface area contributed by atoms with Crippen LogP contribution in [0, 0.1) is 0 Å². The summed E-state index contributed by atoms with van der Waals surface area (Å²) in [6.07, 6.45) is 3.23. The van der Waals surface area contributed by atoms with Crippen LogP contribution in [-0.2, 0) is 11.3 Å². The molecule has 0 aliphatic heterocycles. The summed E-state index contributed by atoms with van der Waals surface area (Å²) in [5, 5.41) is 4.73. The molecule has 1 heterocycles. The maximum Gasteiger partial charge on any atom is 0.0481 e. The molecule has 104 valence electrons. The molecule has 0 aliphatic carbocycles. The van der Waals surface area contributed by atoms with Crippen LogP contribution in [0.1, 0.15) is 13.3 Å². The van der Waals surface area contributed by atoms with Crippen molar-refractivity contribution in [2.24, 2.45) is 0 Å². The van der Waals surface area contributed by atoms with Crippen molar-refractivity contribution in [3.8, 4) is 0 Å². The molecule has 0 saturated carbocycles. The van der Waals surface area contributed by atoms with Gasteiger partial charge in [0.25, 0.3) is 0 Å². The van der Waals surface area contributed by atoms with Crippen LogP contribution >= 0.6 is 15.9 Å². The minimum Gasteiger partial charge on any atom is -0.382 e. The largest absolute Gasteiger partial charge is 0.382 e. The third-order valence-electron chi connectivity index (χ3n) is 3.11. The Morgan fingerprint density at radius 1 is 1.26 bits per heavy atom. The Labute approximate surface area is 123 Å². The lowest BCUT2D eigenvalue weighted by Crippen LogP contribution is -2.21. The van der Waals surface area contributed by atoms with Gasteiger partial charge in [-0.15, -0.1) is 0 Å². The summed E-state index contributed by atoms with van der Waals surface area (Å²) in [6.45, 7) is 6.70. The number of fused-ring (bicyclic) bond motifs is 1. The zero-order chi connectivity index (χ0) is 13.5. The van der Waals surface area contributed by atoms with Crippen LogP contribution in [0.25, 0.3) is 10.9 Å². The first kappa shape index (κ1) is 14.6. The normalized spacial score (nSPS) is 11.3. The highest BCUT2D eigenvalue weighted by Gasteiger charge is 2.00. The number of hydrogen-bond donors (Lipinski definition) is 1. The van der Waals surface area contributed by atoms with Crippen molar-refractivity contribution in [2.45, 2.75) is 19.9 Å². The van der Waals surface area contributed by atoms with Crippen molar-refractivity contribution in [2.75, 3.05) is 26.3 Å². The minimum atomic E-state index is 0.810. The Balaban J connectivity index is 1.76. The van der Waals surface area contributed by atoms with Crippen LogP contribution in [0.2, 0.25) is 0 Å². The predicted molar refractivity (Wildman–Crippen MR) is 83.6 cm³/mol.